The van der Waals surface area contributed by atoms with Crippen molar-refractivity contribution in [3.63, 3.8) is 0 Å². The highest BCUT2D eigenvalue weighted by atomic mass is 16.6. The first-order valence-electron chi connectivity index (χ1n) is 4.04. The highest BCUT2D eigenvalue weighted by Crippen LogP contribution is 1.98. The first-order chi connectivity index (χ1) is 7.24. The van der Waals surface area contributed by atoms with Gasteiger partial charge in [-0.05, 0) is 12.1 Å². The van der Waals surface area contributed by atoms with E-state index in [1.54, 1.807) is 6.07 Å². The zero-order valence-electron chi connectivity index (χ0n) is 8.21. The fourth-order valence-corrected chi connectivity index (χ4v) is 0.687. The van der Waals surface area contributed by atoms with E-state index in [-0.39, 0.29) is 12.1 Å². The van der Waals surface area contributed by atoms with Crippen LogP contribution in [0.3, 0.4) is 0 Å². The molecule has 1 aromatic rings. The van der Waals surface area contributed by atoms with E-state index in [1.807, 2.05) is 0 Å². The van der Waals surface area contributed by atoms with Crippen molar-refractivity contribution in [2.45, 2.75) is 0 Å². The van der Waals surface area contributed by atoms with Crippen molar-refractivity contribution in [1.82, 2.24) is 4.98 Å². The van der Waals surface area contributed by atoms with Crippen molar-refractivity contribution in [3.05, 3.63) is 30.1 Å². The van der Waals surface area contributed by atoms with Gasteiger partial charge in [0.05, 0.1) is 12.1 Å². The van der Waals surface area contributed by atoms with E-state index in [9.17, 15) is 9.59 Å². The largest absolute Gasteiger partial charge is 0.400 e. The summed E-state index contributed by atoms with van der Waals surface area (Å²) in [6, 6.07) is 3.07. The maximum Gasteiger partial charge on any atom is 0.347 e. The van der Waals surface area contributed by atoms with Gasteiger partial charge in [0.25, 0.3) is 0 Å². The summed E-state index contributed by atoms with van der Waals surface area (Å²) in [7, 11) is 1.00. The molecule has 1 heterocycles. The van der Waals surface area contributed by atoms with Crippen LogP contribution in [-0.4, -0.2) is 35.7 Å². The second kappa shape index (κ2) is 7.60. The number of carbonyl (C=O) groups excluding carboxylic acids is 2. The zero-order chi connectivity index (χ0) is 11.7. The molecule has 6 nitrogen and oxygen atoms in total. The lowest BCUT2D eigenvalue weighted by atomic mass is 10.3. The summed E-state index contributed by atoms with van der Waals surface area (Å²) in [6.45, 7) is -0.313. The van der Waals surface area contributed by atoms with Crippen LogP contribution in [0.4, 0.5) is 0 Å². The van der Waals surface area contributed by atoms with E-state index in [0.717, 1.165) is 7.11 Å². The predicted octanol–water partition coefficient (Wildman–Crippen LogP) is -0.668. The monoisotopic (exact) mass is 212 g/mol. The second-order valence-corrected chi connectivity index (χ2v) is 2.21. The molecule has 0 aliphatic heterocycles. The molecule has 0 atom stereocenters. The van der Waals surface area contributed by atoms with E-state index >= 15 is 0 Å². The molecule has 0 unspecified atom stereocenters. The molecule has 0 aliphatic rings. The Labute approximate surface area is 86.7 Å². The molecule has 6 heteroatoms. The van der Waals surface area contributed by atoms with Crippen molar-refractivity contribution in [2.24, 2.45) is 5.73 Å². The smallest absolute Gasteiger partial charge is 0.347 e. The van der Waals surface area contributed by atoms with Crippen LogP contribution in [0.5, 0.6) is 0 Å². The van der Waals surface area contributed by atoms with Crippen molar-refractivity contribution < 1.29 is 19.4 Å². The van der Waals surface area contributed by atoms with Gasteiger partial charge in [-0.15, -0.1) is 0 Å². The Hall–Kier alpha value is -1.79. The van der Waals surface area contributed by atoms with Crippen molar-refractivity contribution >= 4 is 11.9 Å². The number of aliphatic hydroxyl groups is 1. The molecule has 0 aliphatic carbocycles. The number of nitrogens with zero attached hydrogens (tertiary/aromatic N) is 1. The van der Waals surface area contributed by atoms with Gasteiger partial charge >= 0.3 is 11.9 Å². The first-order valence-corrected chi connectivity index (χ1v) is 4.04. The van der Waals surface area contributed by atoms with Gasteiger partial charge in [0.1, 0.15) is 0 Å². The number of hydrogen-bond acceptors (Lipinski definition) is 6. The number of rotatable bonds is 2. The second-order valence-electron chi connectivity index (χ2n) is 2.21. The van der Waals surface area contributed by atoms with E-state index in [0.29, 0.717) is 0 Å². The summed E-state index contributed by atoms with van der Waals surface area (Å²) in [5, 5.41) is 7.00. The van der Waals surface area contributed by atoms with Gasteiger partial charge in [0.2, 0.25) is 0 Å². The Morgan fingerprint density at radius 2 is 2.20 bits per heavy atom. The fraction of sp³-hybridized carbons (Fsp3) is 0.222. The van der Waals surface area contributed by atoms with E-state index in [2.05, 4.69) is 9.72 Å². The van der Waals surface area contributed by atoms with Gasteiger partial charge in [-0.1, -0.05) is 0 Å². The molecule has 1 rings (SSSR count). The molecule has 3 N–H and O–H groups in total. The highest BCUT2D eigenvalue weighted by Gasteiger charge is 2.10. The number of pyridine rings is 1. The molecule has 15 heavy (non-hydrogen) atoms. The lowest BCUT2D eigenvalue weighted by molar-refractivity contribution is -0.136. The first kappa shape index (κ1) is 13.2. The van der Waals surface area contributed by atoms with Gasteiger partial charge in [-0.2, -0.15) is 0 Å². The zero-order valence-corrected chi connectivity index (χ0v) is 8.21. The summed E-state index contributed by atoms with van der Waals surface area (Å²) in [6.07, 6.45) is 2.83. The van der Waals surface area contributed by atoms with Gasteiger partial charge < -0.3 is 15.6 Å². The van der Waals surface area contributed by atoms with E-state index in [4.69, 9.17) is 10.8 Å². The number of aromatic nitrogens is 1. The van der Waals surface area contributed by atoms with E-state index in [1.165, 1.54) is 18.5 Å². The molecule has 0 saturated carbocycles. The fourth-order valence-electron chi connectivity index (χ4n) is 0.687. The van der Waals surface area contributed by atoms with Crippen molar-refractivity contribution in [2.75, 3.05) is 13.7 Å². The van der Waals surface area contributed by atoms with Gasteiger partial charge in [-0.25, -0.2) is 4.79 Å². The number of aliphatic hydroxyl groups excluding tert-OH is 1. The van der Waals surface area contributed by atoms with Crippen molar-refractivity contribution in [1.29, 1.82) is 0 Å². The third-order valence-corrected chi connectivity index (χ3v) is 1.27. The Balaban J connectivity index is 0.000000921. The number of ether oxygens (including phenoxy) is 1. The van der Waals surface area contributed by atoms with Gasteiger partial charge in [0.15, 0.2) is 0 Å². The number of hydrogen-bond donors (Lipinski definition) is 2. The molecule has 82 valence electrons. The van der Waals surface area contributed by atoms with Crippen LogP contribution in [0.1, 0.15) is 10.4 Å². The molecule has 0 spiro atoms. The van der Waals surface area contributed by atoms with Gasteiger partial charge in [-0.3, -0.25) is 9.78 Å². The minimum Gasteiger partial charge on any atom is -0.400 e. The minimum absolute atomic E-state index is 0.226. The Bertz CT molecular complexity index is 313. The summed E-state index contributed by atoms with van der Waals surface area (Å²) in [5.41, 5.74) is 5.18. The molecule has 0 bridgehead atoms. The normalized spacial score (nSPS) is 8.47. The maximum absolute atomic E-state index is 11.1. The van der Waals surface area contributed by atoms with Crippen LogP contribution in [0.15, 0.2) is 24.5 Å². The standard InChI is InChI=1S/C8H8N2O3.CH4O/c9-4-7(11)13-8(12)6-2-1-3-10-5-6;1-2/h1-3,5H,4,9H2;2H,1H3. The number of nitrogens with two attached hydrogens (primary N) is 1. The lowest BCUT2D eigenvalue weighted by Crippen LogP contribution is -2.20. The van der Waals surface area contributed by atoms with Crippen LogP contribution in [0, 0.1) is 0 Å². The van der Waals surface area contributed by atoms with Gasteiger partial charge in [0, 0.05) is 19.5 Å². The summed E-state index contributed by atoms with van der Waals surface area (Å²) in [5.74, 6) is -1.49. The van der Waals surface area contributed by atoms with Crippen LogP contribution >= 0.6 is 0 Å². The summed E-state index contributed by atoms with van der Waals surface area (Å²) in [4.78, 5) is 25.4. The topological polar surface area (TPSA) is 103 Å². The molecule has 0 saturated heterocycles. The Morgan fingerprint density at radius 3 is 2.67 bits per heavy atom. The molecule has 0 amide bonds. The summed E-state index contributed by atoms with van der Waals surface area (Å²) >= 11 is 0. The van der Waals surface area contributed by atoms with Crippen molar-refractivity contribution in [3.8, 4) is 0 Å². The van der Waals surface area contributed by atoms with Crippen LogP contribution in [-0.2, 0) is 9.53 Å². The average Bonchev–Trinajstić information content (AvgIpc) is 2.32. The lowest BCUT2D eigenvalue weighted by Gasteiger charge is -1.99. The number of carbonyl (C=O) groups is 2. The molecular formula is C9H12N2O4. The molecular weight excluding hydrogens is 200 g/mol. The molecule has 0 fully saturated rings. The predicted molar refractivity (Wildman–Crippen MR) is 51.9 cm³/mol. The van der Waals surface area contributed by atoms with E-state index < -0.39 is 11.9 Å². The van der Waals surface area contributed by atoms with Crippen LogP contribution in [0.2, 0.25) is 0 Å². The SMILES string of the molecule is CO.NCC(=O)OC(=O)c1cccnc1. The third kappa shape index (κ3) is 4.84. The molecule has 1 aromatic heterocycles. The molecule has 0 aromatic carbocycles. The molecule has 0 radical (unpaired) electrons. The summed E-state index contributed by atoms with van der Waals surface area (Å²) < 4.78 is 4.34. The number of esters is 2. The quantitative estimate of drug-likeness (QED) is 0.498. The van der Waals surface area contributed by atoms with Crippen LogP contribution in [0.25, 0.3) is 0 Å². The maximum atomic E-state index is 11.1. The minimum atomic E-state index is -0.756. The average molecular weight is 212 g/mol. The highest BCUT2D eigenvalue weighted by molar-refractivity contribution is 5.96. The Kier molecular flexibility index (Phi) is 6.69. The Morgan fingerprint density at radius 1 is 1.53 bits per heavy atom. The van der Waals surface area contributed by atoms with Crippen LogP contribution < -0.4 is 5.73 Å². The third-order valence-electron chi connectivity index (χ3n) is 1.27.